The highest BCUT2D eigenvalue weighted by Gasteiger charge is 2.20. The van der Waals surface area contributed by atoms with Gasteiger partial charge < -0.3 is 10.2 Å². The van der Waals surface area contributed by atoms with E-state index in [2.05, 4.69) is 5.32 Å². The molecule has 0 atom stereocenters. The minimum Gasteiger partial charge on any atom is -0.333 e. The van der Waals surface area contributed by atoms with Crippen LogP contribution in [-0.4, -0.2) is 35.6 Å². The van der Waals surface area contributed by atoms with E-state index in [1.165, 1.54) is 4.90 Å². The average molecular weight is 434 g/mol. The number of amides is 2. The topological polar surface area (TPSA) is 66.5 Å². The standard InChI is InChI=1S/C23H25F3N2O3/c1-3-13-28(14-20(30)27-18-10-9-17(24)22(25)23(18)26)21(31)12-11-19(29)16-7-5-15(4-2)6-8-16/h5-10H,3-4,11-14H2,1-2H3,(H,27,30). The van der Waals surface area contributed by atoms with Crippen LogP contribution < -0.4 is 5.32 Å². The molecule has 0 fully saturated rings. The fraction of sp³-hybridized carbons (Fsp3) is 0.348. The van der Waals surface area contributed by atoms with Crippen molar-refractivity contribution in [1.82, 2.24) is 4.90 Å². The second-order valence-electron chi connectivity index (χ2n) is 7.06. The van der Waals surface area contributed by atoms with Gasteiger partial charge >= 0.3 is 0 Å². The number of carbonyl (C=O) groups is 3. The molecular formula is C23H25F3N2O3. The summed E-state index contributed by atoms with van der Waals surface area (Å²) in [5, 5.41) is 2.14. The average Bonchev–Trinajstić information content (AvgIpc) is 2.77. The van der Waals surface area contributed by atoms with Gasteiger partial charge in [-0.05, 0) is 30.5 Å². The molecule has 2 amide bonds. The van der Waals surface area contributed by atoms with Crippen molar-refractivity contribution in [3.8, 4) is 0 Å². The third kappa shape index (κ3) is 6.67. The summed E-state index contributed by atoms with van der Waals surface area (Å²) in [6, 6.07) is 8.76. The maximum absolute atomic E-state index is 13.7. The zero-order valence-electron chi connectivity index (χ0n) is 17.5. The molecule has 2 aromatic rings. The summed E-state index contributed by atoms with van der Waals surface area (Å²) in [4.78, 5) is 38.3. The van der Waals surface area contributed by atoms with Crippen molar-refractivity contribution in [2.45, 2.75) is 39.5 Å². The van der Waals surface area contributed by atoms with Gasteiger partial charge in [0.2, 0.25) is 11.8 Å². The van der Waals surface area contributed by atoms with E-state index in [9.17, 15) is 27.6 Å². The van der Waals surface area contributed by atoms with Gasteiger partial charge in [0.15, 0.2) is 23.2 Å². The minimum absolute atomic E-state index is 0.00998. The molecular weight excluding hydrogens is 409 g/mol. The van der Waals surface area contributed by atoms with Crippen LogP contribution >= 0.6 is 0 Å². The van der Waals surface area contributed by atoms with E-state index in [1.54, 1.807) is 12.1 Å². The van der Waals surface area contributed by atoms with E-state index in [0.29, 0.717) is 18.1 Å². The van der Waals surface area contributed by atoms with Crippen LogP contribution in [0.2, 0.25) is 0 Å². The molecule has 0 radical (unpaired) electrons. The molecule has 2 rings (SSSR count). The molecule has 0 spiro atoms. The molecule has 0 heterocycles. The van der Waals surface area contributed by atoms with Crippen LogP contribution in [0.15, 0.2) is 36.4 Å². The molecule has 8 heteroatoms. The van der Waals surface area contributed by atoms with Crippen LogP contribution in [-0.2, 0) is 16.0 Å². The number of hydrogen-bond donors (Lipinski definition) is 1. The number of aryl methyl sites for hydroxylation is 1. The number of carbonyl (C=O) groups excluding carboxylic acids is 3. The predicted octanol–water partition coefficient (Wildman–Crippen LogP) is 4.51. The third-order valence-corrected chi connectivity index (χ3v) is 4.74. The number of halogens is 3. The van der Waals surface area contributed by atoms with Gasteiger partial charge in [0.25, 0.3) is 0 Å². The molecule has 2 aromatic carbocycles. The van der Waals surface area contributed by atoms with Crippen LogP contribution in [0.5, 0.6) is 0 Å². The lowest BCUT2D eigenvalue weighted by Gasteiger charge is -2.21. The lowest BCUT2D eigenvalue weighted by atomic mass is 10.0. The van der Waals surface area contributed by atoms with Gasteiger partial charge in [-0.1, -0.05) is 38.1 Å². The molecule has 0 aliphatic rings. The van der Waals surface area contributed by atoms with Crippen molar-refractivity contribution in [2.24, 2.45) is 0 Å². The van der Waals surface area contributed by atoms with Crippen LogP contribution in [0.25, 0.3) is 0 Å². The number of anilines is 1. The second-order valence-corrected chi connectivity index (χ2v) is 7.06. The zero-order chi connectivity index (χ0) is 23.0. The smallest absolute Gasteiger partial charge is 0.244 e. The molecule has 0 saturated heterocycles. The molecule has 0 bridgehead atoms. The van der Waals surface area contributed by atoms with Crippen molar-refractivity contribution in [2.75, 3.05) is 18.4 Å². The van der Waals surface area contributed by atoms with Crippen LogP contribution in [0.4, 0.5) is 18.9 Å². The van der Waals surface area contributed by atoms with E-state index < -0.39 is 41.5 Å². The maximum Gasteiger partial charge on any atom is 0.244 e. The molecule has 0 aromatic heterocycles. The number of nitrogens with zero attached hydrogens (tertiary/aromatic N) is 1. The summed E-state index contributed by atoms with van der Waals surface area (Å²) < 4.78 is 40.1. The van der Waals surface area contributed by atoms with Crippen LogP contribution in [0.3, 0.4) is 0 Å². The van der Waals surface area contributed by atoms with Gasteiger partial charge in [0.05, 0.1) is 12.2 Å². The van der Waals surface area contributed by atoms with Gasteiger partial charge in [-0.3, -0.25) is 14.4 Å². The largest absolute Gasteiger partial charge is 0.333 e. The number of ketones is 1. The summed E-state index contributed by atoms with van der Waals surface area (Å²) >= 11 is 0. The number of hydrogen-bond acceptors (Lipinski definition) is 3. The minimum atomic E-state index is -1.69. The van der Waals surface area contributed by atoms with Crippen molar-refractivity contribution in [3.05, 3.63) is 65.0 Å². The van der Waals surface area contributed by atoms with E-state index in [1.807, 2.05) is 26.0 Å². The fourth-order valence-corrected chi connectivity index (χ4v) is 3.00. The molecule has 0 aliphatic carbocycles. The molecule has 5 nitrogen and oxygen atoms in total. The first-order chi connectivity index (χ1) is 14.8. The van der Waals surface area contributed by atoms with Crippen molar-refractivity contribution >= 4 is 23.3 Å². The Balaban J connectivity index is 1.95. The lowest BCUT2D eigenvalue weighted by molar-refractivity contribution is -0.134. The molecule has 31 heavy (non-hydrogen) atoms. The van der Waals surface area contributed by atoms with Crippen LogP contribution in [0, 0.1) is 17.5 Å². The Morgan fingerprint density at radius 3 is 2.19 bits per heavy atom. The van der Waals surface area contributed by atoms with Crippen molar-refractivity contribution in [3.63, 3.8) is 0 Å². The highest BCUT2D eigenvalue weighted by molar-refractivity contribution is 5.99. The highest BCUT2D eigenvalue weighted by atomic mass is 19.2. The zero-order valence-corrected chi connectivity index (χ0v) is 17.5. The Hall–Kier alpha value is -3.16. The highest BCUT2D eigenvalue weighted by Crippen LogP contribution is 2.19. The fourth-order valence-electron chi connectivity index (χ4n) is 3.00. The number of nitrogens with one attached hydrogen (secondary N) is 1. The number of benzene rings is 2. The summed E-state index contributed by atoms with van der Waals surface area (Å²) in [6.45, 7) is 3.68. The molecule has 166 valence electrons. The van der Waals surface area contributed by atoms with Gasteiger partial charge in [0.1, 0.15) is 0 Å². The van der Waals surface area contributed by atoms with Gasteiger partial charge in [-0.15, -0.1) is 0 Å². The van der Waals surface area contributed by atoms with Crippen LogP contribution in [0.1, 0.15) is 49.0 Å². The van der Waals surface area contributed by atoms with Crippen molar-refractivity contribution in [1.29, 1.82) is 0 Å². The molecule has 0 saturated carbocycles. The quantitative estimate of drug-likeness (QED) is 0.442. The van der Waals surface area contributed by atoms with Crippen molar-refractivity contribution < 1.29 is 27.6 Å². The monoisotopic (exact) mass is 434 g/mol. The Labute approximate surface area is 179 Å². The number of Topliss-reactive ketones (excluding diaryl/α,β-unsaturated/α-hetero) is 1. The van der Waals surface area contributed by atoms with E-state index in [4.69, 9.17) is 0 Å². The summed E-state index contributed by atoms with van der Waals surface area (Å²) in [5.41, 5.74) is 1.10. The first-order valence-corrected chi connectivity index (χ1v) is 10.1. The first kappa shape index (κ1) is 24.1. The Morgan fingerprint density at radius 2 is 1.58 bits per heavy atom. The summed E-state index contributed by atoms with van der Waals surface area (Å²) in [5.74, 6) is -5.91. The molecule has 1 N–H and O–H groups in total. The first-order valence-electron chi connectivity index (χ1n) is 10.1. The third-order valence-electron chi connectivity index (χ3n) is 4.74. The molecule has 0 unspecified atom stereocenters. The summed E-state index contributed by atoms with van der Waals surface area (Å²) in [7, 11) is 0. The molecule has 0 aliphatic heterocycles. The predicted molar refractivity (Wildman–Crippen MR) is 111 cm³/mol. The van der Waals surface area contributed by atoms with E-state index in [-0.39, 0.29) is 25.2 Å². The van der Waals surface area contributed by atoms with E-state index in [0.717, 1.165) is 18.1 Å². The maximum atomic E-state index is 13.7. The normalized spacial score (nSPS) is 10.6. The Kier molecular flexibility index (Phi) is 8.78. The number of rotatable bonds is 10. The lowest BCUT2D eigenvalue weighted by Crippen LogP contribution is -2.38. The van der Waals surface area contributed by atoms with E-state index >= 15 is 0 Å². The Morgan fingerprint density at radius 1 is 0.903 bits per heavy atom. The van der Waals surface area contributed by atoms with Gasteiger partial charge in [-0.2, -0.15) is 0 Å². The van der Waals surface area contributed by atoms with Gasteiger partial charge in [-0.25, -0.2) is 13.2 Å². The summed E-state index contributed by atoms with van der Waals surface area (Å²) in [6.07, 6.45) is 1.32. The second kappa shape index (κ2) is 11.3. The Bertz CT molecular complexity index is 946. The van der Waals surface area contributed by atoms with Gasteiger partial charge in [0, 0.05) is 24.9 Å². The SMILES string of the molecule is CCCN(CC(=O)Nc1ccc(F)c(F)c1F)C(=O)CCC(=O)c1ccc(CC)cc1.